The smallest absolute Gasteiger partial charge is 0.293 e. The molecule has 4 saturated heterocycles. The lowest BCUT2D eigenvalue weighted by molar-refractivity contribution is -0.384. The predicted octanol–water partition coefficient (Wildman–Crippen LogP) is 10.1. The number of H-pyrrole nitrogens is 1. The molecule has 6 aliphatic rings. The number of aromatic nitrogens is 2. The second-order valence-electron chi connectivity index (χ2n) is 22.2. The van der Waals surface area contributed by atoms with E-state index in [0.29, 0.717) is 74.1 Å². The van der Waals surface area contributed by atoms with Crippen LogP contribution in [0.4, 0.5) is 37.2 Å². The van der Waals surface area contributed by atoms with Crippen LogP contribution in [0.25, 0.3) is 11.0 Å². The summed E-state index contributed by atoms with van der Waals surface area (Å²) in [5, 5.41) is 16.3. The Balaban J connectivity index is 0.802. The van der Waals surface area contributed by atoms with E-state index in [2.05, 4.69) is 60.9 Å². The molecule has 0 bridgehead atoms. The molecule has 5 aliphatic heterocycles. The Morgan fingerprint density at radius 3 is 2.48 bits per heavy atom. The number of carbonyl (C=O) groups excluding carboxylic acids is 1. The molecule has 0 radical (unpaired) electrons. The maximum atomic E-state index is 14.7. The van der Waals surface area contributed by atoms with E-state index < -0.39 is 49.2 Å². The standard InChI is InChI=1S/C58H64F2N8O8S/c1-36-4-2-3-5-44(36)50-28-39(26-38-6-10-46(59)47(60)27-38)13-20-66(50)42-32-58(33-42)17-21-65(22-18-58)41-7-9-45(51(30-41)67-49-16-25-75-35-54(49)76-57-53(67)29-40-12-19-61-55(40)63-57)56(69)64-77(72,73)43-8-11-48(52(31-43)68(70)71)62-34-37-14-23-74-24-15-37/h2-12,19,27,29-31,37,39,42,49-50,54,62H,13-18,20-26,28,32-35H2,1H3,(H,61,63)(H,64,69)/t39-,49+,50+,54+/m1/s1. The van der Waals surface area contributed by atoms with Crippen molar-refractivity contribution in [2.24, 2.45) is 17.3 Å². The Bertz CT molecular complexity index is 3320. The quantitative estimate of drug-likeness (QED) is 0.0734. The summed E-state index contributed by atoms with van der Waals surface area (Å²) in [6.45, 7) is 7.12. The molecule has 19 heteroatoms. The molecule has 7 heterocycles. The highest BCUT2D eigenvalue weighted by Crippen LogP contribution is 2.55. The number of amides is 1. The van der Waals surface area contributed by atoms with Crippen LogP contribution >= 0.6 is 0 Å². The molecular weight excluding hydrogens is 1010 g/mol. The van der Waals surface area contributed by atoms with Gasteiger partial charge in [-0.1, -0.05) is 30.3 Å². The first kappa shape index (κ1) is 51.1. The van der Waals surface area contributed by atoms with Crippen molar-refractivity contribution in [1.82, 2.24) is 19.6 Å². The predicted molar refractivity (Wildman–Crippen MR) is 288 cm³/mol. The minimum absolute atomic E-state index is 0.0981. The molecule has 5 fully saturated rings. The van der Waals surface area contributed by atoms with Crippen LogP contribution in [-0.2, 0) is 25.9 Å². The summed E-state index contributed by atoms with van der Waals surface area (Å²) in [5.74, 6) is -1.56. The number of ether oxygens (including phenoxy) is 3. The highest BCUT2D eigenvalue weighted by atomic mass is 32.2. The number of aromatic amines is 1. The first-order valence-electron chi connectivity index (χ1n) is 27.1. The second-order valence-corrected chi connectivity index (χ2v) is 23.9. The number of pyridine rings is 1. The Hall–Kier alpha value is -6.67. The van der Waals surface area contributed by atoms with Crippen LogP contribution < -0.4 is 24.6 Å². The zero-order valence-electron chi connectivity index (χ0n) is 43.1. The number of carbonyl (C=O) groups is 1. The van der Waals surface area contributed by atoms with Crippen LogP contribution in [0.1, 0.15) is 90.9 Å². The number of halogens is 2. The summed E-state index contributed by atoms with van der Waals surface area (Å²) in [4.78, 5) is 41.2. The van der Waals surface area contributed by atoms with Crippen LogP contribution in [-0.4, -0.2) is 105 Å². The number of benzene rings is 4. The molecular formula is C58H64F2N8O8S. The van der Waals surface area contributed by atoms with Crippen molar-refractivity contribution < 1.29 is 41.1 Å². The van der Waals surface area contributed by atoms with Crippen molar-refractivity contribution >= 4 is 55.4 Å². The number of hydrogen-bond acceptors (Lipinski definition) is 13. The lowest BCUT2D eigenvalue weighted by Crippen LogP contribution is -2.57. The van der Waals surface area contributed by atoms with Crippen LogP contribution in [0.2, 0.25) is 0 Å². The Morgan fingerprint density at radius 1 is 0.883 bits per heavy atom. The molecule has 0 unspecified atom stereocenters. The monoisotopic (exact) mass is 1070 g/mol. The van der Waals surface area contributed by atoms with Gasteiger partial charge in [0.1, 0.15) is 23.1 Å². The fourth-order valence-corrected chi connectivity index (χ4v) is 14.2. The van der Waals surface area contributed by atoms with Gasteiger partial charge in [0.2, 0.25) is 5.88 Å². The summed E-state index contributed by atoms with van der Waals surface area (Å²) in [6.07, 6.45) is 10.3. The van der Waals surface area contributed by atoms with Gasteiger partial charge in [0.25, 0.3) is 21.6 Å². The van der Waals surface area contributed by atoms with E-state index in [9.17, 15) is 32.1 Å². The first-order chi connectivity index (χ1) is 37.3. The minimum Gasteiger partial charge on any atom is -0.468 e. The van der Waals surface area contributed by atoms with Gasteiger partial charge in [0.15, 0.2) is 11.6 Å². The van der Waals surface area contributed by atoms with Gasteiger partial charge in [-0.05, 0) is 166 Å². The van der Waals surface area contributed by atoms with E-state index >= 15 is 0 Å². The minimum atomic E-state index is -4.63. The normalized spacial score (nSPS) is 22.9. The molecule has 6 aromatic rings. The number of nitro benzene ring substituents is 1. The third kappa shape index (κ3) is 10.2. The van der Waals surface area contributed by atoms with Gasteiger partial charge in [-0.25, -0.2) is 21.9 Å². The summed E-state index contributed by atoms with van der Waals surface area (Å²) < 4.78 is 76.6. The molecule has 3 N–H and O–H groups in total. The average Bonchev–Trinajstić information content (AvgIpc) is 3.91. The number of nitrogens with one attached hydrogen (secondary N) is 3. The van der Waals surface area contributed by atoms with Crippen molar-refractivity contribution in [1.29, 1.82) is 0 Å². The van der Waals surface area contributed by atoms with E-state index in [0.717, 1.165) is 93.7 Å². The Labute approximate surface area is 446 Å². The maximum absolute atomic E-state index is 14.7. The zero-order valence-corrected chi connectivity index (χ0v) is 43.9. The number of rotatable bonds is 13. The molecule has 12 rings (SSSR count). The number of piperidine rings is 2. The van der Waals surface area contributed by atoms with Crippen molar-refractivity contribution in [2.75, 3.05) is 67.7 Å². The van der Waals surface area contributed by atoms with Gasteiger partial charge in [-0.15, -0.1) is 0 Å². The Kier molecular flexibility index (Phi) is 13.9. The number of fused-ring (bicyclic) bond motifs is 3. The third-order valence-electron chi connectivity index (χ3n) is 17.5. The number of sulfonamides is 1. The molecule has 1 aliphatic carbocycles. The van der Waals surface area contributed by atoms with Crippen LogP contribution in [0.5, 0.6) is 5.88 Å². The molecule has 4 atom stereocenters. The number of aryl methyl sites for hydroxylation is 1. The van der Waals surface area contributed by atoms with E-state index in [1.807, 2.05) is 24.3 Å². The molecule has 1 amide bonds. The fraction of sp³-hybridized carbons (Fsp3) is 0.448. The second kappa shape index (κ2) is 20.9. The average molecular weight is 1070 g/mol. The van der Waals surface area contributed by atoms with Gasteiger partial charge in [0, 0.05) is 74.9 Å². The lowest BCUT2D eigenvalue weighted by Gasteiger charge is -2.58. The van der Waals surface area contributed by atoms with Crippen molar-refractivity contribution in [3.63, 3.8) is 0 Å². The first-order valence-corrected chi connectivity index (χ1v) is 28.6. The topological polar surface area (TPSA) is 184 Å². The summed E-state index contributed by atoms with van der Waals surface area (Å²) in [7, 11) is -4.63. The maximum Gasteiger partial charge on any atom is 0.293 e. The fourth-order valence-electron chi connectivity index (χ4n) is 13.2. The molecule has 2 aromatic heterocycles. The van der Waals surface area contributed by atoms with Crippen molar-refractivity contribution in [3.8, 4) is 5.88 Å². The van der Waals surface area contributed by atoms with Gasteiger partial charge in [0.05, 0.1) is 33.7 Å². The van der Waals surface area contributed by atoms with Crippen molar-refractivity contribution in [2.45, 2.75) is 100 Å². The number of likely N-dealkylation sites (tertiary alicyclic amines) is 1. The van der Waals surface area contributed by atoms with Gasteiger partial charge in [-0.2, -0.15) is 4.98 Å². The number of hydrogen-bond donors (Lipinski definition) is 3. The van der Waals surface area contributed by atoms with Crippen LogP contribution in [0, 0.1) is 45.9 Å². The van der Waals surface area contributed by atoms with E-state index in [-0.39, 0.29) is 41.3 Å². The Morgan fingerprint density at radius 2 is 1.69 bits per heavy atom. The van der Waals surface area contributed by atoms with Gasteiger partial charge in [-0.3, -0.25) is 19.8 Å². The zero-order chi connectivity index (χ0) is 53.0. The molecule has 1 spiro atoms. The van der Waals surface area contributed by atoms with Crippen LogP contribution in [0.3, 0.4) is 0 Å². The molecule has 4 aromatic carbocycles. The number of nitro groups is 1. The van der Waals surface area contributed by atoms with E-state index in [1.54, 1.807) is 18.3 Å². The summed E-state index contributed by atoms with van der Waals surface area (Å²) in [5.41, 5.74) is 6.10. The lowest BCUT2D eigenvalue weighted by atomic mass is 9.59. The van der Waals surface area contributed by atoms with E-state index in [1.165, 1.54) is 35.4 Å². The largest absolute Gasteiger partial charge is 0.468 e. The highest BCUT2D eigenvalue weighted by Gasteiger charge is 2.50. The van der Waals surface area contributed by atoms with Crippen molar-refractivity contribution in [3.05, 3.63) is 141 Å². The van der Waals surface area contributed by atoms with Crippen LogP contribution in [0.15, 0.2) is 102 Å². The number of nitrogens with zero attached hydrogens (tertiary/aromatic N) is 5. The summed E-state index contributed by atoms with van der Waals surface area (Å²) >= 11 is 0. The SMILES string of the molecule is Cc1ccccc1[C@@H]1C[C@@H](Cc2ccc(F)c(F)c2)CCN1C1CC2(CCN(c3ccc(C(=O)NS(=O)(=O)c4ccc(NCC5CCOCC5)c([N+](=O)[O-])c4)c(N4c5cc6cc[nH]c6nc5O[C@H]5COCC[C@@H]54)c3)CC2)C1. The molecule has 77 heavy (non-hydrogen) atoms. The van der Waals surface area contributed by atoms with Gasteiger partial charge >= 0.3 is 0 Å². The highest BCUT2D eigenvalue weighted by molar-refractivity contribution is 7.90. The molecule has 404 valence electrons. The summed E-state index contributed by atoms with van der Waals surface area (Å²) in [6, 6.07) is 26.3. The third-order valence-corrected chi connectivity index (χ3v) is 18.8. The molecule has 16 nitrogen and oxygen atoms in total. The van der Waals surface area contributed by atoms with Gasteiger partial charge < -0.3 is 34.3 Å². The number of anilines is 4. The van der Waals surface area contributed by atoms with E-state index in [4.69, 9.17) is 19.2 Å². The molecule has 1 saturated carbocycles.